The Morgan fingerprint density at radius 1 is 1.19 bits per heavy atom. The summed E-state index contributed by atoms with van der Waals surface area (Å²) in [5.41, 5.74) is 0.785. The van der Waals surface area contributed by atoms with Gasteiger partial charge < -0.3 is 10.1 Å². The van der Waals surface area contributed by atoms with E-state index < -0.39 is 11.9 Å². The molecule has 5 nitrogen and oxygen atoms in total. The van der Waals surface area contributed by atoms with Crippen LogP contribution in [0.4, 0.5) is 5.69 Å². The van der Waals surface area contributed by atoms with Crippen molar-refractivity contribution in [1.29, 1.82) is 0 Å². The molecule has 1 aromatic heterocycles. The molecule has 21 heavy (non-hydrogen) atoms. The lowest BCUT2D eigenvalue weighted by Crippen LogP contribution is -2.13. The molecule has 0 aliphatic carbocycles. The Kier molecular flexibility index (Phi) is 4.77. The minimum atomic E-state index is -0.587. The molecule has 2 aromatic rings. The number of rotatable bonds is 3. The number of anilines is 1. The van der Waals surface area contributed by atoms with E-state index in [1.807, 2.05) is 0 Å². The standard InChI is InChI=1S/C14H10Cl2N2O3/c1-21-14(20)10-7-8(4-5-11(10)15)18-13(19)9-3-2-6-17-12(9)16/h2-7H,1H3,(H,18,19). The van der Waals surface area contributed by atoms with E-state index in [0.29, 0.717) is 5.69 Å². The van der Waals surface area contributed by atoms with E-state index in [9.17, 15) is 9.59 Å². The number of nitrogens with one attached hydrogen (secondary N) is 1. The zero-order valence-electron chi connectivity index (χ0n) is 10.9. The normalized spacial score (nSPS) is 10.0. The third-order valence-electron chi connectivity index (χ3n) is 2.63. The van der Waals surface area contributed by atoms with E-state index in [-0.39, 0.29) is 21.3 Å². The third-order valence-corrected chi connectivity index (χ3v) is 3.26. The van der Waals surface area contributed by atoms with Crippen molar-refractivity contribution in [2.24, 2.45) is 0 Å². The molecule has 0 spiro atoms. The van der Waals surface area contributed by atoms with Crippen molar-refractivity contribution in [3.8, 4) is 0 Å². The summed E-state index contributed by atoms with van der Waals surface area (Å²) < 4.78 is 4.61. The summed E-state index contributed by atoms with van der Waals surface area (Å²) in [4.78, 5) is 27.5. The number of hydrogen-bond donors (Lipinski definition) is 1. The molecule has 0 unspecified atom stereocenters. The summed E-state index contributed by atoms with van der Waals surface area (Å²) in [6, 6.07) is 7.63. The summed E-state index contributed by atoms with van der Waals surface area (Å²) >= 11 is 11.8. The first kappa shape index (κ1) is 15.3. The number of halogens is 2. The average Bonchev–Trinajstić information content (AvgIpc) is 2.48. The summed E-state index contributed by atoms with van der Waals surface area (Å²) in [5, 5.41) is 2.95. The third kappa shape index (κ3) is 3.51. The van der Waals surface area contributed by atoms with Crippen LogP contribution >= 0.6 is 23.2 Å². The maximum absolute atomic E-state index is 12.1. The van der Waals surface area contributed by atoms with Crippen LogP contribution in [0.15, 0.2) is 36.5 Å². The monoisotopic (exact) mass is 324 g/mol. The van der Waals surface area contributed by atoms with Gasteiger partial charge in [-0.15, -0.1) is 0 Å². The Morgan fingerprint density at radius 2 is 1.95 bits per heavy atom. The van der Waals surface area contributed by atoms with Crippen LogP contribution in [-0.2, 0) is 4.74 Å². The van der Waals surface area contributed by atoms with E-state index in [4.69, 9.17) is 23.2 Å². The Balaban J connectivity index is 2.26. The molecule has 1 amide bonds. The SMILES string of the molecule is COC(=O)c1cc(NC(=O)c2cccnc2Cl)ccc1Cl. The highest BCUT2D eigenvalue weighted by molar-refractivity contribution is 6.34. The highest BCUT2D eigenvalue weighted by Crippen LogP contribution is 2.22. The lowest BCUT2D eigenvalue weighted by atomic mass is 10.2. The molecule has 1 heterocycles. The number of ether oxygens (including phenoxy) is 1. The molecule has 0 aliphatic rings. The maximum atomic E-state index is 12.1. The first-order chi connectivity index (χ1) is 10.0. The molecule has 0 saturated heterocycles. The maximum Gasteiger partial charge on any atom is 0.339 e. The van der Waals surface area contributed by atoms with Gasteiger partial charge in [0.2, 0.25) is 0 Å². The van der Waals surface area contributed by atoms with Gasteiger partial charge in [0, 0.05) is 11.9 Å². The number of aromatic nitrogens is 1. The molecule has 0 fully saturated rings. The number of carbonyl (C=O) groups is 2. The van der Waals surface area contributed by atoms with E-state index >= 15 is 0 Å². The van der Waals surface area contributed by atoms with Gasteiger partial charge in [0.15, 0.2) is 0 Å². The van der Waals surface area contributed by atoms with Crippen molar-refractivity contribution in [1.82, 2.24) is 4.98 Å². The van der Waals surface area contributed by atoms with E-state index in [2.05, 4.69) is 15.0 Å². The van der Waals surface area contributed by atoms with Gasteiger partial charge in [-0.3, -0.25) is 4.79 Å². The first-order valence-corrected chi connectivity index (χ1v) is 6.58. The lowest BCUT2D eigenvalue weighted by Gasteiger charge is -2.08. The van der Waals surface area contributed by atoms with Crippen molar-refractivity contribution >= 4 is 40.8 Å². The summed E-state index contributed by atoms with van der Waals surface area (Å²) in [7, 11) is 1.25. The van der Waals surface area contributed by atoms with Crippen LogP contribution in [0, 0.1) is 0 Å². The molecular formula is C14H10Cl2N2O3. The number of nitrogens with zero attached hydrogens (tertiary/aromatic N) is 1. The fourth-order valence-electron chi connectivity index (χ4n) is 1.62. The molecule has 1 aromatic carbocycles. The number of amides is 1. The Hall–Kier alpha value is -2.11. The predicted octanol–water partition coefficient (Wildman–Crippen LogP) is 3.43. The number of pyridine rings is 1. The molecule has 0 radical (unpaired) electrons. The molecule has 7 heteroatoms. The number of methoxy groups -OCH3 is 1. The van der Waals surface area contributed by atoms with Gasteiger partial charge in [-0.05, 0) is 30.3 Å². The summed E-state index contributed by atoms with van der Waals surface area (Å²) in [5.74, 6) is -1.03. The quantitative estimate of drug-likeness (QED) is 0.693. The lowest BCUT2D eigenvalue weighted by molar-refractivity contribution is 0.0600. The second-order valence-corrected chi connectivity index (χ2v) is 4.75. The van der Waals surface area contributed by atoms with Gasteiger partial charge >= 0.3 is 5.97 Å². The van der Waals surface area contributed by atoms with Crippen molar-refractivity contribution in [2.75, 3.05) is 12.4 Å². The van der Waals surface area contributed by atoms with Gasteiger partial charge in [0.1, 0.15) is 5.15 Å². The molecule has 0 saturated carbocycles. The zero-order valence-corrected chi connectivity index (χ0v) is 12.4. The van der Waals surface area contributed by atoms with Crippen LogP contribution in [0.2, 0.25) is 10.2 Å². The van der Waals surface area contributed by atoms with Crippen LogP contribution in [0.5, 0.6) is 0 Å². The summed E-state index contributed by atoms with van der Waals surface area (Å²) in [6.45, 7) is 0. The first-order valence-electron chi connectivity index (χ1n) is 5.82. The van der Waals surface area contributed by atoms with Crippen molar-refractivity contribution < 1.29 is 14.3 Å². The van der Waals surface area contributed by atoms with Crippen molar-refractivity contribution in [2.45, 2.75) is 0 Å². The smallest absolute Gasteiger partial charge is 0.339 e. The molecule has 0 atom stereocenters. The van der Waals surface area contributed by atoms with Crippen molar-refractivity contribution in [3.63, 3.8) is 0 Å². The topological polar surface area (TPSA) is 68.3 Å². The van der Waals surface area contributed by atoms with Crippen molar-refractivity contribution in [3.05, 3.63) is 57.8 Å². The van der Waals surface area contributed by atoms with E-state index in [1.165, 1.54) is 25.4 Å². The highest BCUT2D eigenvalue weighted by Gasteiger charge is 2.14. The van der Waals surface area contributed by atoms with Gasteiger partial charge in [-0.1, -0.05) is 23.2 Å². The van der Waals surface area contributed by atoms with Crippen LogP contribution in [-0.4, -0.2) is 24.0 Å². The highest BCUT2D eigenvalue weighted by atomic mass is 35.5. The Labute approximate surface area is 130 Å². The Bertz CT molecular complexity index is 704. The molecule has 0 bridgehead atoms. The van der Waals surface area contributed by atoms with Crippen LogP contribution in [0.25, 0.3) is 0 Å². The second kappa shape index (κ2) is 6.56. The molecule has 108 valence electrons. The minimum absolute atomic E-state index is 0.0946. The molecule has 2 rings (SSSR count). The fourth-order valence-corrected chi connectivity index (χ4v) is 2.02. The molecular weight excluding hydrogens is 315 g/mol. The van der Waals surface area contributed by atoms with Gasteiger partial charge in [-0.25, -0.2) is 9.78 Å². The Morgan fingerprint density at radius 3 is 2.62 bits per heavy atom. The molecule has 1 N–H and O–H groups in total. The van der Waals surface area contributed by atoms with Gasteiger partial charge in [-0.2, -0.15) is 0 Å². The van der Waals surface area contributed by atoms with Gasteiger partial charge in [0.05, 0.1) is 23.3 Å². The van der Waals surface area contributed by atoms with Crippen LogP contribution in [0.3, 0.4) is 0 Å². The number of hydrogen-bond acceptors (Lipinski definition) is 4. The van der Waals surface area contributed by atoms with Gasteiger partial charge in [0.25, 0.3) is 5.91 Å². The predicted molar refractivity (Wildman–Crippen MR) is 80.0 cm³/mol. The minimum Gasteiger partial charge on any atom is -0.465 e. The zero-order chi connectivity index (χ0) is 15.4. The van der Waals surface area contributed by atoms with Crippen LogP contribution in [0.1, 0.15) is 20.7 Å². The number of esters is 1. The second-order valence-electron chi connectivity index (χ2n) is 3.98. The average molecular weight is 325 g/mol. The fraction of sp³-hybridized carbons (Fsp3) is 0.0714. The van der Waals surface area contributed by atoms with E-state index in [0.717, 1.165) is 0 Å². The molecule has 0 aliphatic heterocycles. The van der Waals surface area contributed by atoms with Crippen LogP contribution < -0.4 is 5.32 Å². The number of carbonyl (C=O) groups excluding carboxylic acids is 2. The van der Waals surface area contributed by atoms with E-state index in [1.54, 1.807) is 18.2 Å². The number of benzene rings is 1. The summed E-state index contributed by atoms with van der Waals surface area (Å²) in [6.07, 6.45) is 1.48. The largest absolute Gasteiger partial charge is 0.465 e.